The summed E-state index contributed by atoms with van der Waals surface area (Å²) in [7, 11) is 0. The molecule has 2 aromatic rings. The first-order chi connectivity index (χ1) is 13.2. The van der Waals surface area contributed by atoms with Gasteiger partial charge in [-0.3, -0.25) is 4.79 Å². The summed E-state index contributed by atoms with van der Waals surface area (Å²) in [6.45, 7) is 3.61. The Morgan fingerprint density at radius 2 is 2.04 bits per heavy atom. The van der Waals surface area contributed by atoms with Crippen molar-refractivity contribution < 1.29 is 9.53 Å². The van der Waals surface area contributed by atoms with Gasteiger partial charge in [-0.25, -0.2) is 9.97 Å². The summed E-state index contributed by atoms with van der Waals surface area (Å²) in [6.07, 6.45) is 4.23. The number of carbonyl (C=O) groups excluding carboxylic acids is 1. The molecule has 2 aliphatic rings. The minimum absolute atomic E-state index is 0.0253. The summed E-state index contributed by atoms with van der Waals surface area (Å²) in [4.78, 5) is 24.0. The first-order valence-electron chi connectivity index (χ1n) is 9.38. The Morgan fingerprint density at radius 1 is 1.26 bits per heavy atom. The van der Waals surface area contributed by atoms with Crippen LogP contribution in [0.1, 0.15) is 23.2 Å². The van der Waals surface area contributed by atoms with Crippen LogP contribution in [0.2, 0.25) is 5.02 Å². The highest BCUT2D eigenvalue weighted by Gasteiger charge is 2.26. The third-order valence-electron chi connectivity index (χ3n) is 5.18. The summed E-state index contributed by atoms with van der Waals surface area (Å²) in [6, 6.07) is 7.53. The molecule has 1 aromatic heterocycles. The number of anilines is 1. The predicted octanol–water partition coefficient (Wildman–Crippen LogP) is 2.39. The van der Waals surface area contributed by atoms with E-state index in [-0.39, 0.29) is 11.8 Å². The van der Waals surface area contributed by atoms with Crippen molar-refractivity contribution in [1.29, 1.82) is 0 Å². The number of nitrogens with zero attached hydrogens (tertiary/aromatic N) is 3. The highest BCUT2D eigenvalue weighted by Crippen LogP contribution is 2.26. The molecule has 7 heteroatoms. The van der Waals surface area contributed by atoms with Crippen LogP contribution in [0.15, 0.2) is 30.5 Å². The molecule has 1 unspecified atom stereocenters. The number of hydrogen-bond donors (Lipinski definition) is 1. The Morgan fingerprint density at radius 3 is 2.81 bits per heavy atom. The van der Waals surface area contributed by atoms with E-state index in [2.05, 4.69) is 15.2 Å². The van der Waals surface area contributed by atoms with Crippen LogP contribution < -0.4 is 10.2 Å². The molecule has 4 rings (SSSR count). The van der Waals surface area contributed by atoms with E-state index in [1.54, 1.807) is 0 Å². The Hall–Kier alpha value is -2.18. The van der Waals surface area contributed by atoms with Crippen molar-refractivity contribution in [3.8, 4) is 0 Å². The molecule has 1 aliphatic heterocycles. The zero-order valence-corrected chi connectivity index (χ0v) is 15.9. The number of aromatic nitrogens is 2. The van der Waals surface area contributed by atoms with E-state index < -0.39 is 0 Å². The number of benzene rings is 1. The second-order valence-corrected chi connectivity index (χ2v) is 7.46. The molecule has 0 spiro atoms. The summed E-state index contributed by atoms with van der Waals surface area (Å²) < 4.78 is 5.39. The smallest absolute Gasteiger partial charge is 0.225 e. The van der Waals surface area contributed by atoms with Gasteiger partial charge in [0.1, 0.15) is 0 Å². The molecule has 27 heavy (non-hydrogen) atoms. The first kappa shape index (κ1) is 18.2. The number of halogens is 1. The molecule has 0 bridgehead atoms. The van der Waals surface area contributed by atoms with Gasteiger partial charge < -0.3 is 15.0 Å². The largest absolute Gasteiger partial charge is 0.378 e. The first-order valence-corrected chi connectivity index (χ1v) is 9.76. The van der Waals surface area contributed by atoms with E-state index in [1.165, 1.54) is 0 Å². The van der Waals surface area contributed by atoms with Crippen molar-refractivity contribution in [1.82, 2.24) is 15.3 Å². The number of ether oxygens (including phenoxy) is 1. The number of hydrogen-bond acceptors (Lipinski definition) is 5. The van der Waals surface area contributed by atoms with Crippen LogP contribution in [0, 0.1) is 5.92 Å². The van der Waals surface area contributed by atoms with Gasteiger partial charge in [0.25, 0.3) is 0 Å². The van der Waals surface area contributed by atoms with Crippen molar-refractivity contribution in [2.45, 2.75) is 25.8 Å². The average Bonchev–Trinajstić information content (AvgIpc) is 2.73. The molecule has 0 radical (unpaired) electrons. The molecule has 2 heterocycles. The van der Waals surface area contributed by atoms with Crippen LogP contribution in [0.25, 0.3) is 0 Å². The fraction of sp³-hybridized carbons (Fsp3) is 0.450. The lowest BCUT2D eigenvalue weighted by molar-refractivity contribution is -0.125. The zero-order valence-electron chi connectivity index (χ0n) is 15.2. The van der Waals surface area contributed by atoms with Gasteiger partial charge in [0.2, 0.25) is 11.9 Å². The maximum Gasteiger partial charge on any atom is 0.225 e. The van der Waals surface area contributed by atoms with E-state index in [1.807, 2.05) is 30.5 Å². The molecule has 1 fully saturated rings. The lowest BCUT2D eigenvalue weighted by atomic mass is 9.86. The Balaban J connectivity index is 1.36. The van der Waals surface area contributed by atoms with Crippen LogP contribution in [-0.4, -0.2) is 42.2 Å². The molecule has 142 valence electrons. The lowest BCUT2D eigenvalue weighted by Crippen LogP contribution is -2.38. The minimum Gasteiger partial charge on any atom is -0.378 e. The van der Waals surface area contributed by atoms with Crippen LogP contribution in [0.5, 0.6) is 0 Å². The molecule has 1 atom stereocenters. The summed E-state index contributed by atoms with van der Waals surface area (Å²) in [5.41, 5.74) is 3.21. The molecule has 1 saturated heterocycles. The number of aryl methyl sites for hydroxylation is 1. The van der Waals surface area contributed by atoms with E-state index in [9.17, 15) is 4.79 Å². The number of fused-ring (bicyclic) bond motifs is 1. The SMILES string of the molecule is O=C(NCc1ccc(Cl)cc1)C1CCc2nc(N3CCOCC3)ncc2C1. The Bertz CT molecular complexity index is 806. The van der Waals surface area contributed by atoms with Gasteiger partial charge >= 0.3 is 0 Å². The third kappa shape index (κ3) is 4.39. The van der Waals surface area contributed by atoms with Gasteiger partial charge in [0.05, 0.1) is 13.2 Å². The van der Waals surface area contributed by atoms with Gasteiger partial charge in [0.15, 0.2) is 0 Å². The Kier molecular flexibility index (Phi) is 5.55. The van der Waals surface area contributed by atoms with Gasteiger partial charge in [-0.1, -0.05) is 23.7 Å². The fourth-order valence-corrected chi connectivity index (χ4v) is 3.70. The number of nitrogens with one attached hydrogen (secondary N) is 1. The second kappa shape index (κ2) is 8.23. The highest BCUT2D eigenvalue weighted by molar-refractivity contribution is 6.30. The maximum absolute atomic E-state index is 12.6. The fourth-order valence-electron chi connectivity index (χ4n) is 3.57. The average molecular weight is 387 g/mol. The topological polar surface area (TPSA) is 67.4 Å². The predicted molar refractivity (Wildman–Crippen MR) is 104 cm³/mol. The molecular formula is C20H23ClN4O2. The van der Waals surface area contributed by atoms with Crippen molar-refractivity contribution in [2.75, 3.05) is 31.2 Å². The van der Waals surface area contributed by atoms with Crippen LogP contribution in [0.4, 0.5) is 5.95 Å². The van der Waals surface area contributed by atoms with Crippen LogP contribution >= 0.6 is 11.6 Å². The molecular weight excluding hydrogens is 364 g/mol. The monoisotopic (exact) mass is 386 g/mol. The molecule has 1 aliphatic carbocycles. The normalized spacial score (nSPS) is 19.4. The van der Waals surface area contributed by atoms with Crippen molar-refractivity contribution in [2.24, 2.45) is 5.92 Å². The summed E-state index contributed by atoms with van der Waals surface area (Å²) in [5, 5.41) is 3.74. The number of amides is 1. The van der Waals surface area contributed by atoms with E-state index in [4.69, 9.17) is 21.3 Å². The molecule has 6 nitrogen and oxygen atoms in total. The standard InChI is InChI=1S/C20H23ClN4O2/c21-17-4-1-14(2-5-17)12-22-19(26)15-3-6-18-16(11-15)13-23-20(24-18)25-7-9-27-10-8-25/h1-2,4-5,13,15H,3,6-12H2,(H,22,26). The zero-order chi connectivity index (χ0) is 18.6. The molecule has 1 N–H and O–H groups in total. The quantitative estimate of drug-likeness (QED) is 0.873. The van der Waals surface area contributed by atoms with Gasteiger partial charge in [-0.05, 0) is 42.5 Å². The highest BCUT2D eigenvalue weighted by atomic mass is 35.5. The molecule has 1 aromatic carbocycles. The van der Waals surface area contributed by atoms with Crippen LogP contribution in [-0.2, 0) is 28.9 Å². The van der Waals surface area contributed by atoms with E-state index in [0.717, 1.165) is 61.9 Å². The van der Waals surface area contributed by atoms with Crippen molar-refractivity contribution in [3.63, 3.8) is 0 Å². The van der Waals surface area contributed by atoms with E-state index >= 15 is 0 Å². The molecule has 0 saturated carbocycles. The third-order valence-corrected chi connectivity index (χ3v) is 5.43. The van der Waals surface area contributed by atoms with E-state index in [0.29, 0.717) is 18.0 Å². The summed E-state index contributed by atoms with van der Waals surface area (Å²) >= 11 is 5.90. The van der Waals surface area contributed by atoms with Gasteiger partial charge in [-0.2, -0.15) is 0 Å². The summed E-state index contributed by atoms with van der Waals surface area (Å²) in [5.74, 6) is 0.846. The van der Waals surface area contributed by atoms with Crippen molar-refractivity contribution in [3.05, 3.63) is 52.3 Å². The maximum atomic E-state index is 12.6. The Labute approximate surface area is 163 Å². The number of carbonyl (C=O) groups is 1. The van der Waals surface area contributed by atoms with Crippen LogP contribution in [0.3, 0.4) is 0 Å². The van der Waals surface area contributed by atoms with Crippen molar-refractivity contribution >= 4 is 23.5 Å². The second-order valence-electron chi connectivity index (χ2n) is 7.03. The lowest BCUT2D eigenvalue weighted by Gasteiger charge is -2.28. The number of rotatable bonds is 4. The number of morpholine rings is 1. The van der Waals surface area contributed by atoms with Gasteiger partial charge in [0, 0.05) is 42.5 Å². The van der Waals surface area contributed by atoms with Gasteiger partial charge in [-0.15, -0.1) is 0 Å². The molecule has 1 amide bonds. The minimum atomic E-state index is -0.0253.